The zero-order valence-corrected chi connectivity index (χ0v) is 11.9. The van der Waals surface area contributed by atoms with Crippen LogP contribution in [0.15, 0.2) is 28.7 Å². The molecule has 1 aromatic carbocycles. The highest BCUT2D eigenvalue weighted by Gasteiger charge is 2.32. The Morgan fingerprint density at radius 3 is 2.95 bits per heavy atom. The van der Waals surface area contributed by atoms with Crippen LogP contribution in [0.3, 0.4) is 0 Å². The number of nitrogens with one attached hydrogen (secondary N) is 1. The van der Waals surface area contributed by atoms with Crippen LogP contribution in [0.4, 0.5) is 6.01 Å². The Balaban J connectivity index is 1.47. The zero-order chi connectivity index (χ0) is 14.2. The molecule has 1 saturated heterocycles. The Morgan fingerprint density at radius 1 is 1.29 bits per heavy atom. The van der Waals surface area contributed by atoms with Crippen molar-refractivity contribution >= 4 is 23.0 Å². The molecule has 2 aliphatic rings. The summed E-state index contributed by atoms with van der Waals surface area (Å²) < 4.78 is 5.82. The molecule has 0 bridgehead atoms. The van der Waals surface area contributed by atoms with Gasteiger partial charge in [0, 0.05) is 25.0 Å². The molecule has 5 heteroatoms. The molecule has 2 heterocycles. The minimum Gasteiger partial charge on any atom is -0.423 e. The maximum Gasteiger partial charge on any atom is 0.298 e. The van der Waals surface area contributed by atoms with Gasteiger partial charge in [-0.1, -0.05) is 12.1 Å². The van der Waals surface area contributed by atoms with Crippen molar-refractivity contribution in [3.8, 4) is 0 Å². The van der Waals surface area contributed by atoms with Gasteiger partial charge in [0.25, 0.3) is 6.01 Å². The fraction of sp³-hybridized carbons (Fsp3) is 0.500. The number of fused-ring (bicyclic) bond motifs is 1. The molecule has 0 spiro atoms. The Kier molecular flexibility index (Phi) is 3.05. The van der Waals surface area contributed by atoms with Gasteiger partial charge in [0.1, 0.15) is 5.52 Å². The molecular weight excluding hydrogens is 266 g/mol. The van der Waals surface area contributed by atoms with Gasteiger partial charge >= 0.3 is 0 Å². The van der Waals surface area contributed by atoms with E-state index in [4.69, 9.17) is 4.42 Å². The van der Waals surface area contributed by atoms with E-state index in [1.807, 2.05) is 24.3 Å². The summed E-state index contributed by atoms with van der Waals surface area (Å²) in [6.45, 7) is 1.72. The molecule has 2 aromatic rings. The Hall–Kier alpha value is -2.04. The summed E-state index contributed by atoms with van der Waals surface area (Å²) in [6, 6.07) is 8.68. The molecule has 1 atom stereocenters. The van der Waals surface area contributed by atoms with Crippen LogP contribution in [0.2, 0.25) is 0 Å². The number of nitrogens with zero attached hydrogens (tertiary/aromatic N) is 2. The number of benzene rings is 1. The van der Waals surface area contributed by atoms with Crippen LogP contribution in [0, 0.1) is 5.92 Å². The molecule has 1 saturated carbocycles. The average Bonchev–Trinajstić information content (AvgIpc) is 3.26. The van der Waals surface area contributed by atoms with Crippen LogP contribution in [0.1, 0.15) is 25.7 Å². The highest BCUT2D eigenvalue weighted by molar-refractivity contribution is 5.81. The fourth-order valence-corrected chi connectivity index (χ4v) is 2.93. The summed E-state index contributed by atoms with van der Waals surface area (Å²) in [5, 5.41) is 3.16. The van der Waals surface area contributed by atoms with Gasteiger partial charge in [-0.15, -0.1) is 0 Å². The van der Waals surface area contributed by atoms with Crippen molar-refractivity contribution in [1.82, 2.24) is 10.3 Å². The first kappa shape index (κ1) is 12.7. The maximum absolute atomic E-state index is 11.9. The third kappa shape index (κ3) is 2.60. The van der Waals surface area contributed by atoms with Crippen molar-refractivity contribution < 1.29 is 9.21 Å². The van der Waals surface area contributed by atoms with E-state index in [1.165, 1.54) is 0 Å². The van der Waals surface area contributed by atoms with Crippen molar-refractivity contribution in [2.75, 3.05) is 18.0 Å². The average molecular weight is 285 g/mol. The van der Waals surface area contributed by atoms with E-state index < -0.39 is 0 Å². The standard InChI is InChI=1S/C16H19N3O2/c20-15(11-7-8-11)17-12-4-3-9-19(10-12)16-18-13-5-1-2-6-14(13)21-16/h1-2,5-6,11-12H,3-4,7-10H2,(H,17,20). The molecule has 2 fully saturated rings. The number of amides is 1. The van der Waals surface area contributed by atoms with Crippen LogP contribution in [-0.2, 0) is 4.79 Å². The number of hydrogen-bond acceptors (Lipinski definition) is 4. The minimum absolute atomic E-state index is 0.210. The number of para-hydroxylation sites is 2. The van der Waals surface area contributed by atoms with E-state index in [-0.39, 0.29) is 17.9 Å². The van der Waals surface area contributed by atoms with Gasteiger partial charge in [0.2, 0.25) is 5.91 Å². The largest absolute Gasteiger partial charge is 0.423 e. The van der Waals surface area contributed by atoms with Gasteiger partial charge < -0.3 is 14.6 Å². The maximum atomic E-state index is 11.9. The molecule has 1 aliphatic carbocycles. The molecule has 0 radical (unpaired) electrons. The summed E-state index contributed by atoms with van der Waals surface area (Å²) in [4.78, 5) is 18.6. The van der Waals surface area contributed by atoms with E-state index in [0.717, 1.165) is 49.9 Å². The van der Waals surface area contributed by atoms with Crippen LogP contribution in [0.25, 0.3) is 11.1 Å². The van der Waals surface area contributed by atoms with Crippen molar-refractivity contribution in [1.29, 1.82) is 0 Å². The summed E-state index contributed by atoms with van der Waals surface area (Å²) in [5.41, 5.74) is 1.70. The highest BCUT2D eigenvalue weighted by atomic mass is 16.4. The number of aromatic nitrogens is 1. The van der Waals surface area contributed by atoms with Gasteiger partial charge in [-0.2, -0.15) is 4.98 Å². The lowest BCUT2D eigenvalue weighted by Crippen LogP contribution is -2.48. The second-order valence-corrected chi connectivity index (χ2v) is 6.03. The lowest BCUT2D eigenvalue weighted by Gasteiger charge is -2.32. The van der Waals surface area contributed by atoms with E-state index in [0.29, 0.717) is 6.01 Å². The fourth-order valence-electron chi connectivity index (χ4n) is 2.93. The number of carbonyl (C=O) groups excluding carboxylic acids is 1. The third-order valence-corrected chi connectivity index (χ3v) is 4.27. The van der Waals surface area contributed by atoms with Crippen LogP contribution >= 0.6 is 0 Å². The van der Waals surface area contributed by atoms with Crippen molar-refractivity contribution in [3.05, 3.63) is 24.3 Å². The number of hydrogen-bond donors (Lipinski definition) is 1. The van der Waals surface area contributed by atoms with E-state index in [2.05, 4.69) is 15.2 Å². The molecule has 1 aromatic heterocycles. The molecule has 1 amide bonds. The van der Waals surface area contributed by atoms with E-state index >= 15 is 0 Å². The topological polar surface area (TPSA) is 58.4 Å². The molecule has 1 N–H and O–H groups in total. The first-order chi connectivity index (χ1) is 10.3. The SMILES string of the molecule is O=C(NC1CCCN(c2nc3ccccc3o2)C1)C1CC1. The van der Waals surface area contributed by atoms with Crippen molar-refractivity contribution in [3.63, 3.8) is 0 Å². The van der Waals surface area contributed by atoms with Gasteiger partial charge in [-0.25, -0.2) is 0 Å². The summed E-state index contributed by atoms with van der Waals surface area (Å²) >= 11 is 0. The first-order valence-electron chi connectivity index (χ1n) is 7.70. The Labute approximate surface area is 123 Å². The number of oxazole rings is 1. The van der Waals surface area contributed by atoms with Crippen LogP contribution < -0.4 is 10.2 Å². The normalized spacial score (nSPS) is 22.5. The number of piperidine rings is 1. The van der Waals surface area contributed by atoms with Crippen LogP contribution in [-0.4, -0.2) is 30.0 Å². The minimum atomic E-state index is 0.210. The second kappa shape index (κ2) is 5.06. The van der Waals surface area contributed by atoms with Crippen molar-refractivity contribution in [2.24, 2.45) is 5.92 Å². The smallest absolute Gasteiger partial charge is 0.298 e. The van der Waals surface area contributed by atoms with E-state index in [9.17, 15) is 4.79 Å². The predicted octanol–water partition coefficient (Wildman–Crippen LogP) is 2.32. The quantitative estimate of drug-likeness (QED) is 0.940. The second-order valence-electron chi connectivity index (χ2n) is 6.03. The zero-order valence-electron chi connectivity index (χ0n) is 11.9. The number of anilines is 1. The lowest BCUT2D eigenvalue weighted by molar-refractivity contribution is -0.123. The van der Waals surface area contributed by atoms with Gasteiger partial charge in [0.15, 0.2) is 5.58 Å². The predicted molar refractivity (Wildman–Crippen MR) is 80.1 cm³/mol. The monoisotopic (exact) mass is 285 g/mol. The molecule has 21 heavy (non-hydrogen) atoms. The van der Waals surface area contributed by atoms with Gasteiger partial charge in [0.05, 0.1) is 0 Å². The number of rotatable bonds is 3. The highest BCUT2D eigenvalue weighted by Crippen LogP contribution is 2.29. The van der Waals surface area contributed by atoms with Crippen LogP contribution in [0.5, 0.6) is 0 Å². The van der Waals surface area contributed by atoms with Gasteiger partial charge in [-0.05, 0) is 37.8 Å². The molecule has 1 unspecified atom stereocenters. The lowest BCUT2D eigenvalue weighted by atomic mass is 10.1. The van der Waals surface area contributed by atoms with Gasteiger partial charge in [-0.3, -0.25) is 4.79 Å². The summed E-state index contributed by atoms with van der Waals surface area (Å²) in [5.74, 6) is 0.490. The Bertz CT molecular complexity index is 629. The van der Waals surface area contributed by atoms with Crippen molar-refractivity contribution in [2.45, 2.75) is 31.7 Å². The summed E-state index contributed by atoms with van der Waals surface area (Å²) in [7, 11) is 0. The summed E-state index contributed by atoms with van der Waals surface area (Å²) in [6.07, 6.45) is 4.18. The van der Waals surface area contributed by atoms with E-state index in [1.54, 1.807) is 0 Å². The third-order valence-electron chi connectivity index (χ3n) is 4.27. The Morgan fingerprint density at radius 2 is 2.14 bits per heavy atom. The number of carbonyl (C=O) groups is 1. The first-order valence-corrected chi connectivity index (χ1v) is 7.70. The molecular formula is C16H19N3O2. The molecule has 4 rings (SSSR count). The molecule has 5 nitrogen and oxygen atoms in total. The molecule has 110 valence electrons. The molecule has 1 aliphatic heterocycles.